The Bertz CT molecular complexity index is 221. The van der Waals surface area contributed by atoms with Gasteiger partial charge >= 0.3 is 0 Å². The highest BCUT2D eigenvalue weighted by Gasteiger charge is 2.27. The minimum Gasteiger partial charge on any atom is -0.380 e. The van der Waals surface area contributed by atoms with Crippen molar-refractivity contribution < 1.29 is 9.53 Å². The first-order chi connectivity index (χ1) is 8.25. The lowest BCUT2D eigenvalue weighted by Crippen LogP contribution is -2.44. The fourth-order valence-electron chi connectivity index (χ4n) is 2.21. The second-order valence-corrected chi connectivity index (χ2v) is 4.81. The average molecular weight is 242 g/mol. The van der Waals surface area contributed by atoms with E-state index < -0.39 is 0 Å². The molecule has 0 aromatic heterocycles. The minimum atomic E-state index is 0.0133. The zero-order valence-corrected chi connectivity index (χ0v) is 10.9. The van der Waals surface area contributed by atoms with Gasteiger partial charge in [0.25, 0.3) is 0 Å². The van der Waals surface area contributed by atoms with Gasteiger partial charge in [0.15, 0.2) is 0 Å². The molecule has 0 saturated heterocycles. The minimum absolute atomic E-state index is 0.0133. The molecule has 4 heteroatoms. The lowest BCUT2D eigenvalue weighted by atomic mass is 9.84. The third-order valence-corrected chi connectivity index (χ3v) is 3.34. The number of rotatable bonds is 7. The largest absolute Gasteiger partial charge is 0.380 e. The van der Waals surface area contributed by atoms with Gasteiger partial charge < -0.3 is 15.8 Å². The summed E-state index contributed by atoms with van der Waals surface area (Å²) < 4.78 is 5.39. The second-order valence-electron chi connectivity index (χ2n) is 4.81. The van der Waals surface area contributed by atoms with Crippen LogP contribution < -0.4 is 11.1 Å². The zero-order chi connectivity index (χ0) is 12.5. The Kier molecular flexibility index (Phi) is 7.21. The van der Waals surface area contributed by atoms with Crippen LogP contribution in [0.25, 0.3) is 0 Å². The summed E-state index contributed by atoms with van der Waals surface area (Å²) in [5.74, 6) is 0.121. The third-order valence-electron chi connectivity index (χ3n) is 3.34. The monoisotopic (exact) mass is 242 g/mol. The Morgan fingerprint density at radius 3 is 2.82 bits per heavy atom. The van der Waals surface area contributed by atoms with Crippen molar-refractivity contribution in [3.05, 3.63) is 0 Å². The van der Waals surface area contributed by atoms with E-state index in [0.29, 0.717) is 13.2 Å². The van der Waals surface area contributed by atoms with Crippen LogP contribution in [0.2, 0.25) is 0 Å². The van der Waals surface area contributed by atoms with Crippen LogP contribution in [-0.4, -0.2) is 31.7 Å². The summed E-state index contributed by atoms with van der Waals surface area (Å²) in [7, 11) is 0. The molecule has 0 radical (unpaired) electrons. The fraction of sp³-hybridized carbons (Fsp3) is 0.923. The Morgan fingerprint density at radius 2 is 2.12 bits per heavy atom. The molecular weight excluding hydrogens is 216 g/mol. The number of carbonyl (C=O) groups is 1. The van der Waals surface area contributed by atoms with Gasteiger partial charge in [-0.3, -0.25) is 4.79 Å². The fourth-order valence-corrected chi connectivity index (χ4v) is 2.21. The first kappa shape index (κ1) is 14.5. The maximum Gasteiger partial charge on any atom is 0.224 e. The second kappa shape index (κ2) is 8.48. The predicted molar refractivity (Wildman–Crippen MR) is 68.7 cm³/mol. The van der Waals surface area contributed by atoms with E-state index in [1.807, 2.05) is 0 Å². The van der Waals surface area contributed by atoms with E-state index in [0.717, 1.165) is 45.1 Å². The van der Waals surface area contributed by atoms with Gasteiger partial charge in [-0.2, -0.15) is 0 Å². The van der Waals surface area contributed by atoms with Crippen molar-refractivity contribution >= 4 is 5.91 Å². The predicted octanol–water partition coefficient (Wildman–Crippen LogP) is 1.44. The van der Waals surface area contributed by atoms with Gasteiger partial charge in [0.2, 0.25) is 5.91 Å². The van der Waals surface area contributed by atoms with Crippen molar-refractivity contribution in [2.75, 3.05) is 19.8 Å². The van der Waals surface area contributed by atoms with Crippen molar-refractivity contribution in [2.45, 2.75) is 51.5 Å². The van der Waals surface area contributed by atoms with Gasteiger partial charge in [-0.05, 0) is 19.3 Å². The Labute approximate surface area is 104 Å². The Morgan fingerprint density at radius 1 is 1.35 bits per heavy atom. The molecule has 100 valence electrons. The summed E-state index contributed by atoms with van der Waals surface area (Å²) >= 11 is 0. The van der Waals surface area contributed by atoms with Crippen LogP contribution in [-0.2, 0) is 9.53 Å². The quantitative estimate of drug-likeness (QED) is 0.664. The molecule has 0 spiro atoms. The summed E-state index contributed by atoms with van der Waals surface area (Å²) in [4.78, 5) is 11.9. The number of amides is 1. The molecule has 1 fully saturated rings. The maximum absolute atomic E-state index is 11.9. The topological polar surface area (TPSA) is 64.3 Å². The van der Waals surface area contributed by atoms with Crippen molar-refractivity contribution in [1.29, 1.82) is 0 Å². The van der Waals surface area contributed by atoms with E-state index in [9.17, 15) is 4.79 Å². The van der Waals surface area contributed by atoms with E-state index in [1.54, 1.807) is 0 Å². The first-order valence-electron chi connectivity index (χ1n) is 6.86. The summed E-state index contributed by atoms with van der Waals surface area (Å²) in [6.45, 7) is 4.13. The van der Waals surface area contributed by atoms with Crippen LogP contribution in [0.1, 0.15) is 45.4 Å². The molecule has 1 aliphatic rings. The van der Waals surface area contributed by atoms with E-state index in [4.69, 9.17) is 10.5 Å². The highest BCUT2D eigenvalue weighted by atomic mass is 16.5. The van der Waals surface area contributed by atoms with Crippen LogP contribution in [0.15, 0.2) is 0 Å². The van der Waals surface area contributed by atoms with Crippen molar-refractivity contribution in [3.63, 3.8) is 0 Å². The van der Waals surface area contributed by atoms with Gasteiger partial charge in [0.1, 0.15) is 0 Å². The number of hydrogen-bond donors (Lipinski definition) is 2. The molecule has 1 rings (SSSR count). The molecule has 1 amide bonds. The molecule has 0 aliphatic heterocycles. The molecule has 0 aromatic rings. The van der Waals surface area contributed by atoms with Crippen molar-refractivity contribution in [1.82, 2.24) is 5.32 Å². The van der Waals surface area contributed by atoms with Gasteiger partial charge in [-0.1, -0.05) is 26.2 Å². The summed E-state index contributed by atoms with van der Waals surface area (Å²) in [5.41, 5.74) is 5.96. The van der Waals surface area contributed by atoms with E-state index >= 15 is 0 Å². The molecule has 1 aliphatic carbocycles. The smallest absolute Gasteiger partial charge is 0.224 e. The molecule has 4 nitrogen and oxygen atoms in total. The van der Waals surface area contributed by atoms with Gasteiger partial charge in [0, 0.05) is 19.2 Å². The summed E-state index contributed by atoms with van der Waals surface area (Å²) in [5, 5.41) is 2.92. The number of ether oxygens (including phenoxy) is 1. The number of hydrogen-bond acceptors (Lipinski definition) is 3. The zero-order valence-electron chi connectivity index (χ0n) is 10.9. The Hall–Kier alpha value is -0.610. The number of nitrogens with one attached hydrogen (secondary N) is 1. The van der Waals surface area contributed by atoms with Crippen LogP contribution in [0.5, 0.6) is 0 Å². The van der Waals surface area contributed by atoms with E-state index in [-0.39, 0.29) is 17.9 Å². The van der Waals surface area contributed by atoms with E-state index in [1.165, 1.54) is 0 Å². The SMILES string of the molecule is CCCCOCCNC(=O)C1CCCCC1N. The van der Waals surface area contributed by atoms with Gasteiger partial charge in [0.05, 0.1) is 12.5 Å². The van der Waals surface area contributed by atoms with Crippen LogP contribution in [0, 0.1) is 5.92 Å². The van der Waals surface area contributed by atoms with Gasteiger partial charge in [-0.25, -0.2) is 0 Å². The maximum atomic E-state index is 11.9. The molecular formula is C13H26N2O2. The Balaban J connectivity index is 2.07. The summed E-state index contributed by atoms with van der Waals surface area (Å²) in [6, 6.07) is 0.0461. The average Bonchev–Trinajstić information content (AvgIpc) is 2.34. The highest BCUT2D eigenvalue weighted by Crippen LogP contribution is 2.22. The van der Waals surface area contributed by atoms with E-state index in [2.05, 4.69) is 12.2 Å². The molecule has 3 N–H and O–H groups in total. The van der Waals surface area contributed by atoms with Crippen molar-refractivity contribution in [2.24, 2.45) is 11.7 Å². The third kappa shape index (κ3) is 5.50. The number of unbranched alkanes of at least 4 members (excludes halogenated alkanes) is 1. The lowest BCUT2D eigenvalue weighted by molar-refractivity contribution is -0.126. The lowest BCUT2D eigenvalue weighted by Gasteiger charge is -2.27. The normalized spacial score (nSPS) is 24.6. The van der Waals surface area contributed by atoms with Gasteiger partial charge in [-0.15, -0.1) is 0 Å². The number of carbonyl (C=O) groups excluding carboxylic acids is 1. The van der Waals surface area contributed by atoms with Crippen LogP contribution in [0.4, 0.5) is 0 Å². The first-order valence-corrected chi connectivity index (χ1v) is 6.86. The standard InChI is InChI=1S/C13H26N2O2/c1-2-3-9-17-10-8-15-13(16)11-6-4-5-7-12(11)14/h11-12H,2-10,14H2,1H3,(H,15,16). The molecule has 2 atom stereocenters. The highest BCUT2D eigenvalue weighted by molar-refractivity contribution is 5.79. The van der Waals surface area contributed by atoms with Crippen LogP contribution in [0.3, 0.4) is 0 Å². The summed E-state index contributed by atoms with van der Waals surface area (Å²) in [6.07, 6.45) is 6.42. The van der Waals surface area contributed by atoms with Crippen molar-refractivity contribution in [3.8, 4) is 0 Å². The molecule has 0 aromatic carbocycles. The molecule has 17 heavy (non-hydrogen) atoms. The molecule has 1 saturated carbocycles. The number of nitrogens with two attached hydrogens (primary N) is 1. The molecule has 0 bridgehead atoms. The molecule has 0 heterocycles. The van der Waals surface area contributed by atoms with Crippen LogP contribution >= 0.6 is 0 Å². The molecule has 2 unspecified atom stereocenters.